The van der Waals surface area contributed by atoms with Gasteiger partial charge in [-0.25, -0.2) is 9.59 Å². The number of rotatable bonds is 3. The Morgan fingerprint density at radius 1 is 1.19 bits per heavy atom. The van der Waals surface area contributed by atoms with Crippen LogP contribution < -0.4 is 0 Å². The lowest BCUT2D eigenvalue weighted by Gasteiger charge is -2.31. The number of carbonyl (C=O) groups is 3. The van der Waals surface area contributed by atoms with Gasteiger partial charge in [-0.1, -0.05) is 0 Å². The molecule has 2 heterocycles. The highest BCUT2D eigenvalue weighted by Gasteiger charge is 2.43. The molecular formula is C14H22N2O5. The third-order valence-corrected chi connectivity index (χ3v) is 4.38. The fourth-order valence-electron chi connectivity index (χ4n) is 3.18. The van der Waals surface area contributed by atoms with Gasteiger partial charge in [-0.15, -0.1) is 0 Å². The molecule has 2 rings (SSSR count). The number of hydrogen-bond donors (Lipinski definition) is 1. The number of hydrogen-bond acceptors (Lipinski definition) is 4. The first kappa shape index (κ1) is 15.6. The van der Waals surface area contributed by atoms with E-state index in [0.29, 0.717) is 32.5 Å². The minimum Gasteiger partial charge on any atom is -0.481 e. The molecule has 2 aliphatic heterocycles. The van der Waals surface area contributed by atoms with Gasteiger partial charge in [0.25, 0.3) is 0 Å². The van der Waals surface area contributed by atoms with Gasteiger partial charge in [0.05, 0.1) is 12.5 Å². The van der Waals surface area contributed by atoms with Gasteiger partial charge in [-0.05, 0) is 33.1 Å². The number of likely N-dealkylation sites (tertiary alicyclic amines) is 2. The predicted molar refractivity (Wildman–Crippen MR) is 73.7 cm³/mol. The van der Waals surface area contributed by atoms with Crippen molar-refractivity contribution in [3.05, 3.63) is 0 Å². The summed E-state index contributed by atoms with van der Waals surface area (Å²) < 4.78 is 5.01. The second kappa shape index (κ2) is 6.32. The van der Waals surface area contributed by atoms with E-state index in [1.165, 1.54) is 4.90 Å². The van der Waals surface area contributed by atoms with Crippen molar-refractivity contribution < 1.29 is 24.2 Å². The third-order valence-electron chi connectivity index (χ3n) is 4.38. The van der Waals surface area contributed by atoms with Gasteiger partial charge in [0.15, 0.2) is 0 Å². The first-order valence-electron chi connectivity index (χ1n) is 7.44. The summed E-state index contributed by atoms with van der Waals surface area (Å²) in [6.07, 6.45) is 1.83. The monoisotopic (exact) mass is 298 g/mol. The third kappa shape index (κ3) is 2.96. The number of nitrogens with zero attached hydrogens (tertiary/aromatic N) is 2. The molecule has 0 aromatic carbocycles. The Morgan fingerprint density at radius 2 is 1.90 bits per heavy atom. The molecule has 0 saturated carbocycles. The van der Waals surface area contributed by atoms with E-state index in [1.807, 2.05) is 0 Å². The second-order valence-corrected chi connectivity index (χ2v) is 5.55. The number of ether oxygens (including phenoxy) is 1. The normalized spacial score (nSPS) is 28.8. The van der Waals surface area contributed by atoms with Crippen LogP contribution in [-0.2, 0) is 14.3 Å². The van der Waals surface area contributed by atoms with E-state index in [2.05, 4.69) is 0 Å². The van der Waals surface area contributed by atoms with Gasteiger partial charge < -0.3 is 19.6 Å². The van der Waals surface area contributed by atoms with E-state index in [4.69, 9.17) is 9.84 Å². The highest BCUT2D eigenvalue weighted by atomic mass is 16.5. The molecule has 2 aliphatic rings. The Bertz CT molecular complexity index is 439. The molecule has 2 saturated heterocycles. The molecule has 2 fully saturated rings. The van der Waals surface area contributed by atoms with E-state index >= 15 is 0 Å². The van der Waals surface area contributed by atoms with Crippen LogP contribution in [0.25, 0.3) is 0 Å². The van der Waals surface area contributed by atoms with Crippen LogP contribution in [0.3, 0.4) is 0 Å². The second-order valence-electron chi connectivity index (χ2n) is 5.55. The largest absolute Gasteiger partial charge is 0.481 e. The zero-order valence-corrected chi connectivity index (χ0v) is 12.4. The summed E-state index contributed by atoms with van der Waals surface area (Å²) in [7, 11) is 0. The van der Waals surface area contributed by atoms with E-state index < -0.39 is 17.9 Å². The van der Waals surface area contributed by atoms with Gasteiger partial charge in [-0.2, -0.15) is 0 Å². The SMILES string of the molecule is CCOC(=O)C1CCCN1C(=O)N1CCC(C(=O)O)C1C. The van der Waals surface area contributed by atoms with Crippen molar-refractivity contribution in [3.8, 4) is 0 Å². The van der Waals surface area contributed by atoms with Crippen molar-refractivity contribution in [3.63, 3.8) is 0 Å². The predicted octanol–water partition coefficient (Wildman–Crippen LogP) is 0.929. The minimum absolute atomic E-state index is 0.248. The van der Waals surface area contributed by atoms with Crippen LogP contribution in [0.1, 0.15) is 33.1 Å². The number of carboxylic acids is 1. The topological polar surface area (TPSA) is 87.2 Å². The van der Waals surface area contributed by atoms with E-state index in [-0.39, 0.29) is 18.0 Å². The molecule has 21 heavy (non-hydrogen) atoms. The number of carbonyl (C=O) groups excluding carboxylic acids is 2. The fraction of sp³-hybridized carbons (Fsp3) is 0.786. The van der Waals surface area contributed by atoms with Crippen LogP contribution in [0.5, 0.6) is 0 Å². The lowest BCUT2D eigenvalue weighted by atomic mass is 10.0. The molecule has 3 atom stereocenters. The van der Waals surface area contributed by atoms with Crippen LogP contribution in [0.2, 0.25) is 0 Å². The molecule has 0 spiro atoms. The van der Waals surface area contributed by atoms with Gasteiger partial charge in [-0.3, -0.25) is 4.79 Å². The fourth-order valence-corrected chi connectivity index (χ4v) is 3.18. The minimum atomic E-state index is -0.874. The Balaban J connectivity index is 2.06. The quantitative estimate of drug-likeness (QED) is 0.783. The summed E-state index contributed by atoms with van der Waals surface area (Å²) in [6, 6.07) is -1.13. The van der Waals surface area contributed by atoms with Crippen molar-refractivity contribution in [2.24, 2.45) is 5.92 Å². The van der Waals surface area contributed by atoms with Crippen molar-refractivity contribution in [2.75, 3.05) is 19.7 Å². The first-order valence-corrected chi connectivity index (χ1v) is 7.44. The first-order chi connectivity index (χ1) is 9.97. The van der Waals surface area contributed by atoms with Crippen LogP contribution in [-0.4, -0.2) is 64.7 Å². The molecule has 0 aliphatic carbocycles. The summed E-state index contributed by atoms with van der Waals surface area (Å²) in [4.78, 5) is 38.7. The molecule has 7 heteroatoms. The van der Waals surface area contributed by atoms with Gasteiger partial charge in [0.1, 0.15) is 6.04 Å². The van der Waals surface area contributed by atoms with Crippen molar-refractivity contribution in [1.82, 2.24) is 9.80 Å². The highest BCUT2D eigenvalue weighted by molar-refractivity contribution is 5.85. The Hall–Kier alpha value is -1.79. The average molecular weight is 298 g/mol. The number of aliphatic carboxylic acids is 1. The smallest absolute Gasteiger partial charge is 0.328 e. The van der Waals surface area contributed by atoms with E-state index in [9.17, 15) is 14.4 Å². The van der Waals surface area contributed by atoms with Crippen LogP contribution >= 0.6 is 0 Å². The summed E-state index contributed by atoms with van der Waals surface area (Å²) in [5.74, 6) is -1.77. The van der Waals surface area contributed by atoms with Crippen molar-refractivity contribution >= 4 is 18.0 Å². The van der Waals surface area contributed by atoms with Crippen LogP contribution in [0, 0.1) is 5.92 Å². The Morgan fingerprint density at radius 3 is 2.48 bits per heavy atom. The molecule has 1 N–H and O–H groups in total. The summed E-state index contributed by atoms with van der Waals surface area (Å²) in [5.41, 5.74) is 0. The molecule has 0 bridgehead atoms. The molecule has 3 unspecified atom stereocenters. The van der Waals surface area contributed by atoms with Gasteiger partial charge >= 0.3 is 18.0 Å². The highest BCUT2D eigenvalue weighted by Crippen LogP contribution is 2.28. The molecule has 0 aromatic heterocycles. The molecule has 0 aromatic rings. The Kier molecular flexibility index (Phi) is 4.69. The van der Waals surface area contributed by atoms with Crippen LogP contribution in [0.15, 0.2) is 0 Å². The molecule has 2 amide bonds. The zero-order valence-electron chi connectivity index (χ0n) is 12.4. The summed E-state index contributed by atoms with van der Waals surface area (Å²) in [5, 5.41) is 9.13. The molecule has 118 valence electrons. The van der Waals surface area contributed by atoms with Crippen molar-refractivity contribution in [2.45, 2.75) is 45.2 Å². The van der Waals surface area contributed by atoms with Gasteiger partial charge in [0.2, 0.25) is 0 Å². The maximum Gasteiger partial charge on any atom is 0.328 e. The number of urea groups is 1. The van der Waals surface area contributed by atoms with Crippen molar-refractivity contribution in [1.29, 1.82) is 0 Å². The average Bonchev–Trinajstić information content (AvgIpc) is 3.04. The van der Waals surface area contributed by atoms with E-state index in [1.54, 1.807) is 18.7 Å². The zero-order chi connectivity index (χ0) is 15.6. The maximum absolute atomic E-state index is 12.6. The molecular weight excluding hydrogens is 276 g/mol. The molecule has 0 radical (unpaired) electrons. The number of carboxylic acid groups (broad SMARTS) is 1. The van der Waals surface area contributed by atoms with Gasteiger partial charge in [0, 0.05) is 19.1 Å². The summed E-state index contributed by atoms with van der Waals surface area (Å²) in [6.45, 7) is 4.71. The lowest BCUT2D eigenvalue weighted by molar-refractivity contribution is -0.148. The standard InChI is InChI=1S/C14H22N2O5/c1-3-21-13(19)11-5-4-7-16(11)14(20)15-8-6-10(9(15)2)12(17)18/h9-11H,3-8H2,1-2H3,(H,17,18). The van der Waals surface area contributed by atoms with E-state index in [0.717, 1.165) is 6.42 Å². The maximum atomic E-state index is 12.6. The number of esters is 1. The lowest BCUT2D eigenvalue weighted by Crippen LogP contribution is -2.50. The summed E-state index contributed by atoms with van der Waals surface area (Å²) >= 11 is 0. The Labute approximate surface area is 123 Å². The molecule has 7 nitrogen and oxygen atoms in total. The number of amides is 2. The van der Waals surface area contributed by atoms with Crippen LogP contribution in [0.4, 0.5) is 4.79 Å².